The predicted octanol–water partition coefficient (Wildman–Crippen LogP) is 2.63. The van der Waals surface area contributed by atoms with Crippen molar-refractivity contribution in [2.75, 3.05) is 0 Å². The van der Waals surface area contributed by atoms with Crippen molar-refractivity contribution in [1.82, 2.24) is 0 Å². The van der Waals surface area contributed by atoms with Crippen LogP contribution in [0, 0.1) is 0 Å². The zero-order chi connectivity index (χ0) is 12.6. The van der Waals surface area contributed by atoms with E-state index in [1.54, 1.807) is 0 Å². The molecule has 1 saturated carbocycles. The lowest BCUT2D eigenvalue weighted by Gasteiger charge is -2.45. The molecule has 0 heterocycles. The van der Waals surface area contributed by atoms with E-state index in [0.29, 0.717) is 12.8 Å². The Morgan fingerprint density at radius 3 is 2.31 bits per heavy atom. The Morgan fingerprint density at radius 1 is 1.31 bits per heavy atom. The SMILES string of the molecule is CC(C)(C)[Si](C)(C)OC1(O)CCCC(O)C1. The first kappa shape index (κ1) is 14.2. The fourth-order valence-electron chi connectivity index (χ4n) is 1.91. The minimum Gasteiger partial charge on any atom is -0.393 e. The average Bonchev–Trinajstić information content (AvgIpc) is 1.98. The summed E-state index contributed by atoms with van der Waals surface area (Å²) in [4.78, 5) is 0. The van der Waals surface area contributed by atoms with Crippen LogP contribution < -0.4 is 0 Å². The van der Waals surface area contributed by atoms with Gasteiger partial charge in [-0.3, -0.25) is 0 Å². The molecule has 1 rings (SSSR count). The van der Waals surface area contributed by atoms with Gasteiger partial charge in [-0.1, -0.05) is 20.8 Å². The molecule has 1 aliphatic carbocycles. The molecule has 16 heavy (non-hydrogen) atoms. The van der Waals surface area contributed by atoms with E-state index in [9.17, 15) is 10.2 Å². The molecule has 0 aromatic carbocycles. The van der Waals surface area contributed by atoms with Crippen LogP contribution in [0.4, 0.5) is 0 Å². The van der Waals surface area contributed by atoms with Crippen LogP contribution in [0.15, 0.2) is 0 Å². The largest absolute Gasteiger partial charge is 0.393 e. The fourth-order valence-corrected chi connectivity index (χ4v) is 3.35. The van der Waals surface area contributed by atoms with Crippen LogP contribution in [-0.4, -0.2) is 30.4 Å². The Hall–Kier alpha value is 0.0969. The third kappa shape index (κ3) is 3.29. The van der Waals surface area contributed by atoms with E-state index in [2.05, 4.69) is 33.9 Å². The second-order valence-corrected chi connectivity index (χ2v) is 11.3. The normalized spacial score (nSPS) is 32.8. The summed E-state index contributed by atoms with van der Waals surface area (Å²) in [5.41, 5.74) is 0. The van der Waals surface area contributed by atoms with E-state index in [4.69, 9.17) is 4.43 Å². The molecule has 2 unspecified atom stereocenters. The topological polar surface area (TPSA) is 49.7 Å². The molecular weight excluding hydrogens is 220 g/mol. The molecule has 3 nitrogen and oxygen atoms in total. The smallest absolute Gasteiger partial charge is 0.195 e. The Labute approximate surface area is 100.0 Å². The number of aliphatic hydroxyl groups excluding tert-OH is 1. The highest BCUT2D eigenvalue weighted by atomic mass is 28.4. The van der Waals surface area contributed by atoms with Gasteiger partial charge in [0, 0.05) is 12.8 Å². The van der Waals surface area contributed by atoms with Crippen LogP contribution >= 0.6 is 0 Å². The van der Waals surface area contributed by atoms with Crippen LogP contribution in [0.3, 0.4) is 0 Å². The molecule has 4 heteroatoms. The lowest BCUT2D eigenvalue weighted by atomic mass is 9.92. The summed E-state index contributed by atoms with van der Waals surface area (Å²) in [6, 6.07) is 0. The minimum atomic E-state index is -1.96. The third-order valence-electron chi connectivity index (χ3n) is 3.91. The summed E-state index contributed by atoms with van der Waals surface area (Å²) < 4.78 is 6.04. The van der Waals surface area contributed by atoms with E-state index in [1.165, 1.54) is 0 Å². The third-order valence-corrected chi connectivity index (χ3v) is 8.41. The highest BCUT2D eigenvalue weighted by Gasteiger charge is 2.45. The van der Waals surface area contributed by atoms with E-state index >= 15 is 0 Å². The summed E-state index contributed by atoms with van der Waals surface area (Å²) in [6.45, 7) is 10.7. The molecule has 0 aliphatic heterocycles. The molecule has 0 spiro atoms. The van der Waals surface area contributed by atoms with Gasteiger partial charge in [0.2, 0.25) is 0 Å². The van der Waals surface area contributed by atoms with Gasteiger partial charge in [-0.15, -0.1) is 0 Å². The molecule has 0 aromatic rings. The molecule has 2 N–H and O–H groups in total. The molecule has 1 fully saturated rings. The maximum absolute atomic E-state index is 10.4. The van der Waals surface area contributed by atoms with Gasteiger partial charge in [-0.05, 0) is 31.0 Å². The van der Waals surface area contributed by atoms with Crippen molar-refractivity contribution >= 4 is 8.32 Å². The quantitative estimate of drug-likeness (QED) is 0.582. The standard InChI is InChI=1S/C12H26O3Si/c1-11(2,3)16(4,5)15-12(14)8-6-7-10(13)9-12/h10,13-14H,6-9H2,1-5H3. The van der Waals surface area contributed by atoms with Crippen molar-refractivity contribution < 1.29 is 14.6 Å². The lowest BCUT2D eigenvalue weighted by Crippen LogP contribution is -2.52. The van der Waals surface area contributed by atoms with Crippen molar-refractivity contribution in [2.24, 2.45) is 0 Å². The van der Waals surface area contributed by atoms with Gasteiger partial charge in [0.05, 0.1) is 6.10 Å². The van der Waals surface area contributed by atoms with E-state index in [1.807, 2.05) is 0 Å². The molecule has 0 amide bonds. The number of hydrogen-bond acceptors (Lipinski definition) is 3. The zero-order valence-electron chi connectivity index (χ0n) is 11.2. The summed E-state index contributed by atoms with van der Waals surface area (Å²) in [7, 11) is -1.96. The first-order valence-corrected chi connectivity index (χ1v) is 9.07. The van der Waals surface area contributed by atoms with Gasteiger partial charge in [-0.25, -0.2) is 0 Å². The molecule has 2 atom stereocenters. The fraction of sp³-hybridized carbons (Fsp3) is 1.00. The van der Waals surface area contributed by atoms with E-state index in [-0.39, 0.29) is 5.04 Å². The summed E-state index contributed by atoms with van der Waals surface area (Å²) >= 11 is 0. The number of aliphatic hydroxyl groups is 2. The van der Waals surface area contributed by atoms with Gasteiger partial charge < -0.3 is 14.6 Å². The van der Waals surface area contributed by atoms with Crippen LogP contribution in [0.2, 0.25) is 18.1 Å². The molecule has 1 aliphatic rings. The van der Waals surface area contributed by atoms with Gasteiger partial charge in [-0.2, -0.15) is 0 Å². The van der Waals surface area contributed by atoms with Crippen LogP contribution in [0.1, 0.15) is 46.5 Å². The Balaban J connectivity index is 2.72. The highest BCUT2D eigenvalue weighted by Crippen LogP contribution is 2.41. The monoisotopic (exact) mass is 246 g/mol. The molecular formula is C12H26O3Si. The lowest BCUT2D eigenvalue weighted by molar-refractivity contribution is -0.187. The zero-order valence-corrected chi connectivity index (χ0v) is 12.2. The molecule has 0 radical (unpaired) electrons. The molecule has 0 saturated heterocycles. The summed E-state index contributed by atoms with van der Waals surface area (Å²) in [5.74, 6) is -1.10. The van der Waals surface area contributed by atoms with E-state index < -0.39 is 20.2 Å². The second-order valence-electron chi connectivity index (χ2n) is 6.56. The highest BCUT2D eigenvalue weighted by molar-refractivity contribution is 6.74. The summed E-state index contributed by atoms with van der Waals surface area (Å²) in [6.07, 6.45) is 2.22. The Kier molecular flexibility index (Phi) is 3.90. The van der Waals surface area contributed by atoms with Crippen LogP contribution in [0.25, 0.3) is 0 Å². The second kappa shape index (κ2) is 4.41. The van der Waals surface area contributed by atoms with Gasteiger partial charge >= 0.3 is 0 Å². The number of hydrogen-bond donors (Lipinski definition) is 2. The molecule has 0 bridgehead atoms. The van der Waals surface area contributed by atoms with E-state index in [0.717, 1.165) is 12.8 Å². The van der Waals surface area contributed by atoms with Crippen molar-refractivity contribution in [3.8, 4) is 0 Å². The maximum Gasteiger partial charge on any atom is 0.195 e. The van der Waals surface area contributed by atoms with Gasteiger partial charge in [0.25, 0.3) is 0 Å². The van der Waals surface area contributed by atoms with Crippen LogP contribution in [0.5, 0.6) is 0 Å². The van der Waals surface area contributed by atoms with Gasteiger partial charge in [0.15, 0.2) is 14.1 Å². The van der Waals surface area contributed by atoms with Crippen LogP contribution in [-0.2, 0) is 4.43 Å². The maximum atomic E-state index is 10.4. The molecule has 0 aromatic heterocycles. The van der Waals surface area contributed by atoms with Gasteiger partial charge in [0.1, 0.15) is 0 Å². The van der Waals surface area contributed by atoms with Crippen molar-refractivity contribution in [3.63, 3.8) is 0 Å². The first-order chi connectivity index (χ1) is 7.06. The predicted molar refractivity (Wildman–Crippen MR) is 67.7 cm³/mol. The Morgan fingerprint density at radius 2 is 1.88 bits per heavy atom. The van der Waals surface area contributed by atoms with Crippen molar-refractivity contribution in [3.05, 3.63) is 0 Å². The first-order valence-electron chi connectivity index (χ1n) is 6.16. The van der Waals surface area contributed by atoms with Crippen molar-refractivity contribution in [1.29, 1.82) is 0 Å². The van der Waals surface area contributed by atoms with Crippen molar-refractivity contribution in [2.45, 2.75) is 76.5 Å². The average molecular weight is 246 g/mol. The minimum absolute atomic E-state index is 0.0884. The number of rotatable bonds is 2. The Bertz CT molecular complexity index is 247. The molecule has 96 valence electrons. The summed E-state index contributed by atoms with van der Waals surface area (Å²) in [5, 5.41) is 20.1.